The lowest BCUT2D eigenvalue weighted by molar-refractivity contribution is -0.0255. The van der Waals surface area contributed by atoms with Crippen molar-refractivity contribution < 1.29 is 9.90 Å². The van der Waals surface area contributed by atoms with E-state index in [4.69, 9.17) is 0 Å². The number of hydrogen-bond acceptors (Lipinski definition) is 4. The van der Waals surface area contributed by atoms with Gasteiger partial charge in [-0.15, -0.1) is 0 Å². The molecule has 3 rings (SSSR count). The van der Waals surface area contributed by atoms with Gasteiger partial charge in [0.1, 0.15) is 5.69 Å². The minimum absolute atomic E-state index is 0.137. The molecule has 6 heteroatoms. The van der Waals surface area contributed by atoms with Gasteiger partial charge in [0.15, 0.2) is 0 Å². The van der Waals surface area contributed by atoms with E-state index < -0.39 is 5.60 Å². The van der Waals surface area contributed by atoms with Gasteiger partial charge in [0.25, 0.3) is 5.91 Å². The summed E-state index contributed by atoms with van der Waals surface area (Å²) in [7, 11) is 0. The maximum atomic E-state index is 12.2. The standard InChI is InChI=1S/C21H30N4O2/c1-3-4-18-15-19(24-23-18)20(26)22-11-14-25-12-9-21(27,10-13-25)17-7-5-16(2)6-8-17/h5-8,15,27H,3-4,9-14H2,1-2H3,(H,22,26)(H,23,24). The Morgan fingerprint density at radius 3 is 2.67 bits per heavy atom. The molecule has 1 aromatic heterocycles. The molecule has 2 aromatic rings. The number of carbonyl (C=O) groups is 1. The summed E-state index contributed by atoms with van der Waals surface area (Å²) in [6.45, 7) is 7.16. The van der Waals surface area contributed by atoms with E-state index in [1.165, 1.54) is 5.56 Å². The second kappa shape index (κ2) is 8.67. The van der Waals surface area contributed by atoms with Gasteiger partial charge >= 0.3 is 0 Å². The molecule has 0 unspecified atom stereocenters. The number of piperidine rings is 1. The summed E-state index contributed by atoms with van der Waals surface area (Å²) in [5.41, 5.74) is 2.91. The zero-order valence-electron chi connectivity index (χ0n) is 16.3. The van der Waals surface area contributed by atoms with E-state index in [0.29, 0.717) is 25.1 Å². The van der Waals surface area contributed by atoms with Gasteiger partial charge in [0.05, 0.1) is 5.60 Å². The van der Waals surface area contributed by atoms with Crippen molar-refractivity contribution in [1.29, 1.82) is 0 Å². The van der Waals surface area contributed by atoms with Crippen molar-refractivity contribution in [1.82, 2.24) is 20.4 Å². The number of nitrogens with one attached hydrogen (secondary N) is 2. The average Bonchev–Trinajstić information content (AvgIpc) is 3.13. The first kappa shape index (κ1) is 19.6. The number of likely N-dealkylation sites (tertiary alicyclic amines) is 1. The van der Waals surface area contributed by atoms with E-state index in [-0.39, 0.29) is 5.91 Å². The van der Waals surface area contributed by atoms with Crippen LogP contribution in [0.1, 0.15) is 53.5 Å². The van der Waals surface area contributed by atoms with Crippen LogP contribution in [0.4, 0.5) is 0 Å². The van der Waals surface area contributed by atoms with Crippen LogP contribution in [0.2, 0.25) is 0 Å². The first-order valence-electron chi connectivity index (χ1n) is 9.84. The molecule has 6 nitrogen and oxygen atoms in total. The quantitative estimate of drug-likeness (QED) is 0.699. The molecule has 1 aliphatic rings. The van der Waals surface area contributed by atoms with Gasteiger partial charge in [-0.2, -0.15) is 5.10 Å². The van der Waals surface area contributed by atoms with Gasteiger partial charge in [-0.1, -0.05) is 43.2 Å². The third kappa shape index (κ3) is 4.96. The van der Waals surface area contributed by atoms with Crippen LogP contribution in [-0.2, 0) is 12.0 Å². The van der Waals surface area contributed by atoms with Crippen LogP contribution >= 0.6 is 0 Å². The zero-order valence-corrected chi connectivity index (χ0v) is 16.3. The summed E-state index contributed by atoms with van der Waals surface area (Å²) in [6, 6.07) is 9.98. The maximum Gasteiger partial charge on any atom is 0.271 e. The number of H-pyrrole nitrogens is 1. The molecule has 0 bridgehead atoms. The van der Waals surface area contributed by atoms with Crippen molar-refractivity contribution in [2.45, 2.75) is 45.1 Å². The smallest absolute Gasteiger partial charge is 0.271 e. The second-order valence-corrected chi connectivity index (χ2v) is 7.52. The first-order valence-corrected chi connectivity index (χ1v) is 9.84. The predicted octanol–water partition coefficient (Wildman–Crippen LogP) is 2.38. The molecule has 1 aromatic carbocycles. The predicted molar refractivity (Wildman–Crippen MR) is 106 cm³/mol. The highest BCUT2D eigenvalue weighted by Gasteiger charge is 2.33. The zero-order chi connectivity index (χ0) is 19.3. The Bertz CT molecular complexity index is 746. The van der Waals surface area contributed by atoms with E-state index in [0.717, 1.165) is 43.7 Å². The van der Waals surface area contributed by atoms with Gasteiger partial charge < -0.3 is 15.3 Å². The Morgan fingerprint density at radius 1 is 1.30 bits per heavy atom. The Kier molecular flexibility index (Phi) is 6.29. The fraction of sp³-hybridized carbons (Fsp3) is 0.524. The van der Waals surface area contributed by atoms with Crippen LogP contribution < -0.4 is 5.32 Å². The third-order valence-corrected chi connectivity index (χ3v) is 5.37. The minimum Gasteiger partial charge on any atom is -0.385 e. The highest BCUT2D eigenvalue weighted by molar-refractivity contribution is 5.92. The molecular weight excluding hydrogens is 340 g/mol. The summed E-state index contributed by atoms with van der Waals surface area (Å²) in [4.78, 5) is 14.5. The fourth-order valence-corrected chi connectivity index (χ4v) is 3.59. The number of benzene rings is 1. The fourth-order valence-electron chi connectivity index (χ4n) is 3.59. The highest BCUT2D eigenvalue weighted by Crippen LogP contribution is 2.32. The van der Waals surface area contributed by atoms with E-state index in [2.05, 4.69) is 46.4 Å². The second-order valence-electron chi connectivity index (χ2n) is 7.52. The molecule has 1 amide bonds. The van der Waals surface area contributed by atoms with Gasteiger partial charge in [0, 0.05) is 31.9 Å². The molecule has 0 spiro atoms. The number of amides is 1. The lowest BCUT2D eigenvalue weighted by Gasteiger charge is -2.38. The summed E-state index contributed by atoms with van der Waals surface area (Å²) in [5.74, 6) is -0.137. The van der Waals surface area contributed by atoms with Crippen LogP contribution in [0.5, 0.6) is 0 Å². The van der Waals surface area contributed by atoms with Crippen LogP contribution in [0.15, 0.2) is 30.3 Å². The topological polar surface area (TPSA) is 81.2 Å². The minimum atomic E-state index is -0.738. The molecule has 0 radical (unpaired) electrons. The first-order chi connectivity index (χ1) is 13.0. The van der Waals surface area contributed by atoms with Crippen molar-refractivity contribution in [2.75, 3.05) is 26.2 Å². The molecule has 0 saturated carbocycles. The van der Waals surface area contributed by atoms with E-state index in [9.17, 15) is 9.90 Å². The number of rotatable bonds is 7. The third-order valence-electron chi connectivity index (χ3n) is 5.37. The molecule has 0 aliphatic carbocycles. The molecule has 27 heavy (non-hydrogen) atoms. The van der Waals surface area contributed by atoms with Crippen molar-refractivity contribution in [3.05, 3.63) is 52.8 Å². The van der Waals surface area contributed by atoms with Crippen molar-refractivity contribution in [3.63, 3.8) is 0 Å². The van der Waals surface area contributed by atoms with Crippen molar-refractivity contribution >= 4 is 5.91 Å². The van der Waals surface area contributed by atoms with Crippen LogP contribution in [0.3, 0.4) is 0 Å². The van der Waals surface area contributed by atoms with E-state index in [1.807, 2.05) is 18.2 Å². The molecule has 0 atom stereocenters. The molecule has 1 aliphatic heterocycles. The Labute approximate surface area is 161 Å². The number of aryl methyl sites for hydroxylation is 2. The Hall–Kier alpha value is -2.18. The van der Waals surface area contributed by atoms with Gasteiger partial charge in [0.2, 0.25) is 0 Å². The van der Waals surface area contributed by atoms with E-state index in [1.54, 1.807) is 0 Å². The summed E-state index contributed by atoms with van der Waals surface area (Å²) in [5, 5.41) is 20.9. The number of hydrogen-bond donors (Lipinski definition) is 3. The molecule has 146 valence electrons. The Morgan fingerprint density at radius 2 is 2.00 bits per heavy atom. The summed E-state index contributed by atoms with van der Waals surface area (Å²) < 4.78 is 0. The number of aromatic nitrogens is 2. The van der Waals surface area contributed by atoms with Gasteiger partial charge in [-0.05, 0) is 37.8 Å². The van der Waals surface area contributed by atoms with Crippen LogP contribution in [0, 0.1) is 6.92 Å². The Balaban J connectivity index is 1.42. The average molecular weight is 370 g/mol. The van der Waals surface area contributed by atoms with Crippen molar-refractivity contribution in [2.24, 2.45) is 0 Å². The molecule has 1 fully saturated rings. The van der Waals surface area contributed by atoms with Gasteiger partial charge in [-0.25, -0.2) is 0 Å². The number of aromatic amines is 1. The monoisotopic (exact) mass is 370 g/mol. The van der Waals surface area contributed by atoms with E-state index >= 15 is 0 Å². The number of carbonyl (C=O) groups excluding carboxylic acids is 1. The highest BCUT2D eigenvalue weighted by atomic mass is 16.3. The molecular formula is C21H30N4O2. The summed E-state index contributed by atoms with van der Waals surface area (Å²) in [6.07, 6.45) is 3.35. The molecule has 2 heterocycles. The normalized spacial score (nSPS) is 17.0. The molecule has 3 N–H and O–H groups in total. The summed E-state index contributed by atoms with van der Waals surface area (Å²) >= 11 is 0. The maximum absolute atomic E-state index is 12.2. The van der Waals surface area contributed by atoms with Gasteiger partial charge in [-0.3, -0.25) is 9.89 Å². The SMILES string of the molecule is CCCc1cc(C(=O)NCCN2CCC(O)(c3ccc(C)cc3)CC2)n[nH]1. The number of nitrogens with zero attached hydrogens (tertiary/aromatic N) is 2. The van der Waals surface area contributed by atoms with Crippen LogP contribution in [0.25, 0.3) is 0 Å². The van der Waals surface area contributed by atoms with Crippen LogP contribution in [-0.4, -0.2) is 52.3 Å². The van der Waals surface area contributed by atoms with Crippen molar-refractivity contribution in [3.8, 4) is 0 Å². The lowest BCUT2D eigenvalue weighted by Crippen LogP contribution is -2.45. The lowest BCUT2D eigenvalue weighted by atomic mass is 9.84. The largest absolute Gasteiger partial charge is 0.385 e. The molecule has 1 saturated heterocycles. The number of aliphatic hydroxyl groups is 1.